The van der Waals surface area contributed by atoms with Crippen molar-refractivity contribution in [2.45, 2.75) is 13.0 Å². The highest BCUT2D eigenvalue weighted by molar-refractivity contribution is 9.10. The molecule has 2 aromatic carbocycles. The second-order valence-electron chi connectivity index (χ2n) is 4.52. The molecule has 0 radical (unpaired) electrons. The second kappa shape index (κ2) is 6.20. The van der Waals surface area contributed by atoms with Gasteiger partial charge in [0, 0.05) is 10.0 Å². The van der Waals surface area contributed by atoms with Crippen LogP contribution < -0.4 is 5.32 Å². The Labute approximate surface area is 130 Å². The zero-order chi connectivity index (χ0) is 14.9. The molecule has 0 heterocycles. The van der Waals surface area contributed by atoms with E-state index >= 15 is 0 Å². The highest BCUT2D eigenvalue weighted by atomic mass is 79.9. The van der Waals surface area contributed by atoms with Crippen LogP contribution in [-0.2, 0) is 0 Å². The first-order valence-electron chi connectivity index (χ1n) is 6.01. The van der Waals surface area contributed by atoms with Gasteiger partial charge >= 0.3 is 0 Å². The summed E-state index contributed by atoms with van der Waals surface area (Å²) < 4.78 is 28.5. The van der Waals surface area contributed by atoms with E-state index in [0.29, 0.717) is 15.1 Å². The summed E-state index contributed by atoms with van der Waals surface area (Å²) in [6.07, 6.45) is 0. The molecule has 0 saturated carbocycles. The molecule has 2 aromatic rings. The van der Waals surface area contributed by atoms with Crippen LogP contribution in [0.5, 0.6) is 0 Å². The van der Waals surface area contributed by atoms with Gasteiger partial charge in [0.25, 0.3) is 0 Å². The van der Waals surface area contributed by atoms with Crippen LogP contribution in [0.4, 0.5) is 8.78 Å². The first-order chi connectivity index (χ1) is 9.43. The Hall–Kier alpha value is -0.970. The number of halogens is 4. The molecule has 0 aromatic heterocycles. The molecular weight excluding hydrogens is 348 g/mol. The molecule has 2 rings (SSSR count). The molecule has 1 unspecified atom stereocenters. The fourth-order valence-corrected chi connectivity index (χ4v) is 2.59. The summed E-state index contributed by atoms with van der Waals surface area (Å²) in [6, 6.07) is 7.28. The molecule has 1 nitrogen and oxygen atoms in total. The standard InChI is InChI=1S/C15H13BrClF2N/c1-8-5-14(19)10(7-13(8)18)15(20-2)9-3-4-12(17)11(16)6-9/h3-7,15,20H,1-2H3. The van der Waals surface area contributed by atoms with Gasteiger partial charge in [-0.25, -0.2) is 8.78 Å². The molecule has 1 N–H and O–H groups in total. The maximum Gasteiger partial charge on any atom is 0.128 e. The van der Waals surface area contributed by atoms with E-state index in [2.05, 4.69) is 21.2 Å². The SMILES string of the molecule is CNC(c1ccc(Cl)c(Br)c1)c1cc(F)c(C)cc1F. The zero-order valence-corrected chi connectivity index (χ0v) is 13.3. The normalized spacial score (nSPS) is 12.5. The fourth-order valence-electron chi connectivity index (χ4n) is 2.08. The first-order valence-corrected chi connectivity index (χ1v) is 7.19. The van der Waals surface area contributed by atoms with Crippen molar-refractivity contribution in [3.05, 3.63) is 68.2 Å². The first kappa shape index (κ1) is 15.4. The number of hydrogen-bond donors (Lipinski definition) is 1. The molecule has 5 heteroatoms. The minimum atomic E-state index is -0.446. The highest BCUT2D eigenvalue weighted by Crippen LogP contribution is 2.30. The highest BCUT2D eigenvalue weighted by Gasteiger charge is 2.19. The van der Waals surface area contributed by atoms with Crippen LogP contribution >= 0.6 is 27.5 Å². The lowest BCUT2D eigenvalue weighted by molar-refractivity contribution is 0.553. The van der Waals surface area contributed by atoms with Crippen LogP contribution in [0, 0.1) is 18.6 Å². The number of hydrogen-bond acceptors (Lipinski definition) is 1. The van der Waals surface area contributed by atoms with Crippen molar-refractivity contribution < 1.29 is 8.78 Å². The van der Waals surface area contributed by atoms with E-state index in [0.717, 1.165) is 5.56 Å². The summed E-state index contributed by atoms with van der Waals surface area (Å²) in [5.74, 6) is -0.857. The van der Waals surface area contributed by atoms with E-state index in [1.54, 1.807) is 25.2 Å². The van der Waals surface area contributed by atoms with E-state index in [1.165, 1.54) is 19.1 Å². The summed E-state index contributed by atoms with van der Waals surface area (Å²) in [5.41, 5.74) is 1.36. The Morgan fingerprint density at radius 2 is 1.85 bits per heavy atom. The van der Waals surface area contributed by atoms with Crippen LogP contribution in [0.3, 0.4) is 0 Å². The van der Waals surface area contributed by atoms with Gasteiger partial charge in [0.2, 0.25) is 0 Å². The van der Waals surface area contributed by atoms with Crippen molar-refractivity contribution in [3.63, 3.8) is 0 Å². The third-order valence-corrected chi connectivity index (χ3v) is 4.37. The Morgan fingerprint density at radius 3 is 2.45 bits per heavy atom. The molecular formula is C15H13BrClF2N. The summed E-state index contributed by atoms with van der Waals surface area (Å²) in [6.45, 7) is 1.54. The van der Waals surface area contributed by atoms with E-state index in [9.17, 15) is 8.78 Å². The lowest BCUT2D eigenvalue weighted by Gasteiger charge is -2.19. The fraction of sp³-hybridized carbons (Fsp3) is 0.200. The van der Waals surface area contributed by atoms with Gasteiger partial charge in [-0.15, -0.1) is 0 Å². The van der Waals surface area contributed by atoms with Gasteiger partial charge in [-0.05, 0) is 65.3 Å². The monoisotopic (exact) mass is 359 g/mol. The minimum Gasteiger partial charge on any atom is -0.309 e. The van der Waals surface area contributed by atoms with Gasteiger partial charge < -0.3 is 5.32 Å². The van der Waals surface area contributed by atoms with Crippen LogP contribution in [0.2, 0.25) is 5.02 Å². The Bertz CT molecular complexity index is 646. The van der Waals surface area contributed by atoms with Gasteiger partial charge in [-0.3, -0.25) is 0 Å². The summed E-state index contributed by atoms with van der Waals surface area (Å²) in [4.78, 5) is 0. The number of rotatable bonds is 3. The smallest absolute Gasteiger partial charge is 0.128 e. The Kier molecular flexibility index (Phi) is 4.78. The van der Waals surface area contributed by atoms with Crippen molar-refractivity contribution in [2.75, 3.05) is 7.05 Å². The van der Waals surface area contributed by atoms with Crippen molar-refractivity contribution in [1.82, 2.24) is 5.32 Å². The summed E-state index contributed by atoms with van der Waals surface area (Å²) in [5, 5.41) is 3.57. The van der Waals surface area contributed by atoms with Gasteiger partial charge in [-0.2, -0.15) is 0 Å². The third-order valence-electron chi connectivity index (χ3n) is 3.15. The predicted octanol–water partition coefficient (Wildman–Crippen LogP) is 5.00. The predicted molar refractivity (Wildman–Crippen MR) is 81.1 cm³/mol. The average Bonchev–Trinajstić information content (AvgIpc) is 2.40. The minimum absolute atomic E-state index is 0.268. The van der Waals surface area contributed by atoms with E-state index < -0.39 is 17.7 Å². The van der Waals surface area contributed by atoms with Gasteiger partial charge in [-0.1, -0.05) is 17.7 Å². The zero-order valence-electron chi connectivity index (χ0n) is 11.0. The second-order valence-corrected chi connectivity index (χ2v) is 5.78. The van der Waals surface area contributed by atoms with Gasteiger partial charge in [0.15, 0.2) is 0 Å². The van der Waals surface area contributed by atoms with Crippen molar-refractivity contribution in [2.24, 2.45) is 0 Å². The van der Waals surface area contributed by atoms with Crippen molar-refractivity contribution in [3.8, 4) is 0 Å². The maximum absolute atomic E-state index is 14.1. The van der Waals surface area contributed by atoms with Crippen molar-refractivity contribution >= 4 is 27.5 Å². The molecule has 20 heavy (non-hydrogen) atoms. The van der Waals surface area contributed by atoms with Gasteiger partial charge in [0.1, 0.15) is 11.6 Å². The van der Waals surface area contributed by atoms with Crippen molar-refractivity contribution in [1.29, 1.82) is 0 Å². The molecule has 1 atom stereocenters. The van der Waals surface area contributed by atoms with E-state index in [4.69, 9.17) is 11.6 Å². The van der Waals surface area contributed by atoms with E-state index in [1.807, 2.05) is 0 Å². The molecule has 0 aliphatic heterocycles. The molecule has 0 aliphatic carbocycles. The largest absolute Gasteiger partial charge is 0.309 e. The molecule has 106 valence electrons. The molecule has 0 aliphatic rings. The Balaban J connectivity index is 2.52. The van der Waals surface area contributed by atoms with Crippen LogP contribution in [-0.4, -0.2) is 7.05 Å². The number of nitrogens with one attached hydrogen (secondary N) is 1. The average molecular weight is 361 g/mol. The third kappa shape index (κ3) is 3.03. The molecule has 0 amide bonds. The summed E-state index contributed by atoms with van der Waals surface area (Å²) in [7, 11) is 1.70. The number of benzene rings is 2. The Morgan fingerprint density at radius 1 is 1.15 bits per heavy atom. The van der Waals surface area contributed by atoms with E-state index in [-0.39, 0.29) is 5.56 Å². The van der Waals surface area contributed by atoms with Crippen LogP contribution in [0.1, 0.15) is 22.7 Å². The van der Waals surface area contributed by atoms with Gasteiger partial charge in [0.05, 0.1) is 11.1 Å². The summed E-state index contributed by atoms with van der Waals surface area (Å²) >= 11 is 9.28. The molecule has 0 saturated heterocycles. The lowest BCUT2D eigenvalue weighted by atomic mass is 9.97. The lowest BCUT2D eigenvalue weighted by Crippen LogP contribution is -2.19. The quantitative estimate of drug-likeness (QED) is 0.812. The van der Waals surface area contributed by atoms with Crippen LogP contribution in [0.15, 0.2) is 34.8 Å². The number of aryl methyl sites for hydroxylation is 1. The maximum atomic E-state index is 14.1. The molecule has 0 bridgehead atoms. The molecule has 0 spiro atoms. The molecule has 0 fully saturated rings. The van der Waals surface area contributed by atoms with Crippen LogP contribution in [0.25, 0.3) is 0 Å². The topological polar surface area (TPSA) is 12.0 Å².